The number of benzene rings is 2. The van der Waals surface area contributed by atoms with Crippen LogP contribution in [0.25, 0.3) is 5.69 Å². The molecule has 1 aromatic heterocycles. The maximum Gasteiger partial charge on any atom is 0.196 e. The average molecular weight is 385 g/mol. The molecule has 7 heteroatoms. The Balaban J connectivity index is 2.11. The molecule has 6 nitrogen and oxygen atoms in total. The van der Waals surface area contributed by atoms with E-state index in [1.165, 1.54) is 0 Å². The van der Waals surface area contributed by atoms with Gasteiger partial charge in [-0.25, -0.2) is 0 Å². The third-order valence-electron chi connectivity index (χ3n) is 4.23. The fraction of sp³-hybridized carbons (Fsp3) is 0.250. The molecule has 1 heterocycles. The molecular formula is C20H21ClN4O2. The Morgan fingerprint density at radius 1 is 1.04 bits per heavy atom. The van der Waals surface area contributed by atoms with Gasteiger partial charge in [0.05, 0.1) is 10.7 Å². The third kappa shape index (κ3) is 4.08. The number of ketones is 1. The van der Waals surface area contributed by atoms with Crippen molar-refractivity contribution >= 4 is 17.4 Å². The summed E-state index contributed by atoms with van der Waals surface area (Å²) in [7, 11) is 3.95. The van der Waals surface area contributed by atoms with Gasteiger partial charge < -0.3 is 10.0 Å². The number of halogens is 1. The Morgan fingerprint density at radius 3 is 2.33 bits per heavy atom. The number of aliphatic hydroxyl groups excluding tert-OH is 1. The molecule has 2 aromatic carbocycles. The smallest absolute Gasteiger partial charge is 0.196 e. The second-order valence-electron chi connectivity index (χ2n) is 6.41. The molecule has 0 aliphatic carbocycles. The lowest BCUT2D eigenvalue weighted by molar-refractivity contribution is 0.103. The SMILES string of the molecule is CN(C)CCc1nnc(CO)n1-c1ccccc1C(=O)c1ccccc1Cl. The lowest BCUT2D eigenvalue weighted by atomic mass is 10.0. The van der Waals surface area contributed by atoms with Gasteiger partial charge in [-0.15, -0.1) is 10.2 Å². The minimum absolute atomic E-state index is 0.188. The third-order valence-corrected chi connectivity index (χ3v) is 4.56. The van der Waals surface area contributed by atoms with Gasteiger partial charge in [0.25, 0.3) is 0 Å². The summed E-state index contributed by atoms with van der Waals surface area (Å²) in [4.78, 5) is 15.2. The number of hydrogen-bond donors (Lipinski definition) is 1. The van der Waals surface area contributed by atoms with Crippen LogP contribution in [0.5, 0.6) is 0 Å². The van der Waals surface area contributed by atoms with Crippen LogP contribution in [-0.4, -0.2) is 51.2 Å². The minimum Gasteiger partial charge on any atom is -0.388 e. The number of aromatic nitrogens is 3. The van der Waals surface area contributed by atoms with Gasteiger partial charge in [0.15, 0.2) is 11.6 Å². The van der Waals surface area contributed by atoms with Crippen molar-refractivity contribution in [1.82, 2.24) is 19.7 Å². The van der Waals surface area contributed by atoms with Crippen molar-refractivity contribution in [3.63, 3.8) is 0 Å². The van der Waals surface area contributed by atoms with Gasteiger partial charge in [-0.2, -0.15) is 0 Å². The summed E-state index contributed by atoms with van der Waals surface area (Å²) in [6, 6.07) is 14.2. The fourth-order valence-corrected chi connectivity index (χ4v) is 3.09. The molecule has 0 aliphatic heterocycles. The largest absolute Gasteiger partial charge is 0.388 e. The van der Waals surface area contributed by atoms with Gasteiger partial charge in [0.2, 0.25) is 0 Å². The zero-order chi connectivity index (χ0) is 19.4. The molecular weight excluding hydrogens is 364 g/mol. The molecule has 0 aliphatic rings. The molecule has 0 spiro atoms. The van der Waals surface area contributed by atoms with E-state index in [9.17, 15) is 9.90 Å². The fourth-order valence-electron chi connectivity index (χ4n) is 2.87. The lowest BCUT2D eigenvalue weighted by Gasteiger charge is -2.15. The Bertz CT molecular complexity index is 953. The molecule has 0 saturated heterocycles. The Hall–Kier alpha value is -2.54. The van der Waals surface area contributed by atoms with Gasteiger partial charge in [0, 0.05) is 24.1 Å². The van der Waals surface area contributed by atoms with E-state index in [0.717, 1.165) is 6.54 Å². The highest BCUT2D eigenvalue weighted by Crippen LogP contribution is 2.25. The quantitative estimate of drug-likeness (QED) is 0.634. The number of nitrogens with zero attached hydrogens (tertiary/aromatic N) is 4. The van der Waals surface area contributed by atoms with E-state index < -0.39 is 0 Å². The van der Waals surface area contributed by atoms with Crippen LogP contribution in [0.15, 0.2) is 48.5 Å². The van der Waals surface area contributed by atoms with Crippen LogP contribution in [0, 0.1) is 0 Å². The second-order valence-corrected chi connectivity index (χ2v) is 6.81. The second kappa shape index (κ2) is 8.43. The summed E-state index contributed by atoms with van der Waals surface area (Å²) in [5.41, 5.74) is 1.54. The van der Waals surface area contributed by atoms with E-state index >= 15 is 0 Å². The van der Waals surface area contributed by atoms with Crippen LogP contribution in [0.2, 0.25) is 5.02 Å². The van der Waals surface area contributed by atoms with Crippen molar-refractivity contribution in [1.29, 1.82) is 0 Å². The first-order chi connectivity index (χ1) is 13.0. The molecule has 1 N–H and O–H groups in total. The zero-order valence-corrected chi connectivity index (χ0v) is 16.0. The molecule has 3 aromatic rings. The van der Waals surface area contributed by atoms with Crippen molar-refractivity contribution in [2.24, 2.45) is 0 Å². The van der Waals surface area contributed by atoms with E-state index in [1.807, 2.05) is 31.1 Å². The minimum atomic E-state index is -0.274. The normalized spacial score (nSPS) is 11.1. The molecule has 0 atom stereocenters. The Kier molecular flexibility index (Phi) is 6.01. The number of hydrogen-bond acceptors (Lipinski definition) is 5. The molecule has 0 fully saturated rings. The summed E-state index contributed by atoms with van der Waals surface area (Å²) in [6.45, 7) is 0.494. The van der Waals surface area contributed by atoms with Gasteiger partial charge in [0.1, 0.15) is 12.4 Å². The molecule has 140 valence electrons. The highest BCUT2D eigenvalue weighted by Gasteiger charge is 2.21. The van der Waals surface area contributed by atoms with Crippen molar-refractivity contribution in [3.8, 4) is 5.69 Å². The predicted octanol–water partition coefficient (Wildman–Crippen LogP) is 2.75. The van der Waals surface area contributed by atoms with Crippen molar-refractivity contribution in [3.05, 3.63) is 76.3 Å². The topological polar surface area (TPSA) is 71.2 Å². The summed E-state index contributed by atoms with van der Waals surface area (Å²) in [6.07, 6.45) is 0.634. The maximum atomic E-state index is 13.2. The Morgan fingerprint density at radius 2 is 1.67 bits per heavy atom. The van der Waals surface area contributed by atoms with Crippen molar-refractivity contribution < 1.29 is 9.90 Å². The molecule has 3 rings (SSSR count). The first kappa shape index (κ1) is 19.2. The average Bonchev–Trinajstić information content (AvgIpc) is 3.09. The maximum absolute atomic E-state index is 13.2. The zero-order valence-electron chi connectivity index (χ0n) is 15.3. The number of aliphatic hydroxyl groups is 1. The van der Waals surface area contributed by atoms with E-state index in [4.69, 9.17) is 11.6 Å². The molecule has 0 unspecified atom stereocenters. The predicted molar refractivity (Wildman–Crippen MR) is 104 cm³/mol. The van der Waals surface area contributed by atoms with E-state index in [0.29, 0.717) is 39.9 Å². The number of carbonyl (C=O) groups is 1. The number of para-hydroxylation sites is 1. The number of carbonyl (C=O) groups excluding carboxylic acids is 1. The van der Waals surface area contributed by atoms with Crippen LogP contribution < -0.4 is 0 Å². The monoisotopic (exact) mass is 384 g/mol. The van der Waals surface area contributed by atoms with Crippen LogP contribution in [0.4, 0.5) is 0 Å². The van der Waals surface area contributed by atoms with E-state index in [-0.39, 0.29) is 12.4 Å². The van der Waals surface area contributed by atoms with Crippen molar-refractivity contribution in [2.45, 2.75) is 13.0 Å². The molecule has 0 amide bonds. The summed E-state index contributed by atoms with van der Waals surface area (Å²) in [5, 5.41) is 18.4. The molecule has 27 heavy (non-hydrogen) atoms. The van der Waals surface area contributed by atoms with Gasteiger partial charge >= 0.3 is 0 Å². The number of rotatable bonds is 7. The first-order valence-corrected chi connectivity index (χ1v) is 8.98. The van der Waals surface area contributed by atoms with Crippen LogP contribution in [0.1, 0.15) is 27.6 Å². The lowest BCUT2D eigenvalue weighted by Crippen LogP contribution is -2.18. The standard InChI is InChI=1S/C20H21ClN4O2/c1-24(2)12-11-18-22-23-19(13-26)25(18)17-10-6-4-8-15(17)20(27)14-7-3-5-9-16(14)21/h3-10,26H,11-13H2,1-2H3. The van der Waals surface area contributed by atoms with Crippen molar-refractivity contribution in [2.75, 3.05) is 20.6 Å². The molecule has 0 bridgehead atoms. The van der Waals surface area contributed by atoms with Gasteiger partial charge in [-0.05, 0) is 38.4 Å². The van der Waals surface area contributed by atoms with E-state index in [1.54, 1.807) is 41.0 Å². The highest BCUT2D eigenvalue weighted by atomic mass is 35.5. The van der Waals surface area contributed by atoms with E-state index in [2.05, 4.69) is 10.2 Å². The summed E-state index contributed by atoms with van der Waals surface area (Å²) < 4.78 is 1.76. The highest BCUT2D eigenvalue weighted by molar-refractivity contribution is 6.35. The summed E-state index contributed by atoms with van der Waals surface area (Å²) >= 11 is 6.22. The van der Waals surface area contributed by atoms with Gasteiger partial charge in [-0.3, -0.25) is 9.36 Å². The Labute approximate surface area is 163 Å². The van der Waals surface area contributed by atoms with Crippen LogP contribution >= 0.6 is 11.6 Å². The number of likely N-dealkylation sites (N-methyl/N-ethyl adjacent to an activating group) is 1. The summed E-state index contributed by atoms with van der Waals surface area (Å²) in [5.74, 6) is 0.891. The van der Waals surface area contributed by atoms with Gasteiger partial charge in [-0.1, -0.05) is 35.9 Å². The van der Waals surface area contributed by atoms with Crippen LogP contribution in [-0.2, 0) is 13.0 Å². The molecule has 0 saturated carbocycles. The molecule has 0 radical (unpaired) electrons. The van der Waals surface area contributed by atoms with Crippen LogP contribution in [0.3, 0.4) is 0 Å². The first-order valence-electron chi connectivity index (χ1n) is 8.60.